The summed E-state index contributed by atoms with van der Waals surface area (Å²) in [5, 5.41) is 11.5. The number of anilines is 1. The molecule has 0 radical (unpaired) electrons. The van der Waals surface area contributed by atoms with E-state index in [9.17, 15) is 18.4 Å². The average molecular weight is 312 g/mol. The van der Waals surface area contributed by atoms with Crippen LogP contribution in [0.5, 0.6) is 0 Å². The number of benzene rings is 1. The minimum atomic E-state index is -1.03. The van der Waals surface area contributed by atoms with Gasteiger partial charge in [-0.15, -0.1) is 0 Å². The van der Waals surface area contributed by atoms with E-state index < -0.39 is 29.4 Å². The van der Waals surface area contributed by atoms with Gasteiger partial charge in [-0.1, -0.05) is 0 Å². The van der Waals surface area contributed by atoms with E-state index in [1.807, 2.05) is 0 Å². The molecule has 0 spiro atoms. The molecule has 7 heteroatoms. The van der Waals surface area contributed by atoms with Gasteiger partial charge in [0.1, 0.15) is 5.92 Å². The fourth-order valence-corrected chi connectivity index (χ4v) is 2.44. The number of hydrogen-bond donors (Lipinski definition) is 2. The van der Waals surface area contributed by atoms with Gasteiger partial charge in [-0.3, -0.25) is 9.59 Å². The van der Waals surface area contributed by atoms with Crippen LogP contribution < -0.4 is 10.2 Å². The van der Waals surface area contributed by atoms with Crippen LogP contribution >= 0.6 is 0 Å². The summed E-state index contributed by atoms with van der Waals surface area (Å²) in [6.45, 7) is 1.96. The second-order valence-electron chi connectivity index (χ2n) is 5.35. The van der Waals surface area contributed by atoms with Gasteiger partial charge in [-0.25, -0.2) is 8.78 Å². The molecule has 1 heterocycles. The molecule has 2 unspecified atom stereocenters. The molecule has 5 nitrogen and oxygen atoms in total. The molecular formula is C15H18F2N2O3. The first kappa shape index (κ1) is 16.4. The van der Waals surface area contributed by atoms with E-state index in [1.54, 1.807) is 6.92 Å². The molecule has 0 aromatic heterocycles. The van der Waals surface area contributed by atoms with E-state index in [0.717, 1.165) is 12.1 Å². The summed E-state index contributed by atoms with van der Waals surface area (Å²) in [5.41, 5.74) is 0.239. The van der Waals surface area contributed by atoms with Gasteiger partial charge >= 0.3 is 0 Å². The van der Waals surface area contributed by atoms with Crippen molar-refractivity contribution < 1.29 is 23.5 Å². The van der Waals surface area contributed by atoms with Crippen LogP contribution in [-0.2, 0) is 9.59 Å². The zero-order valence-corrected chi connectivity index (χ0v) is 12.2. The van der Waals surface area contributed by atoms with Crippen LogP contribution in [0.4, 0.5) is 14.5 Å². The van der Waals surface area contributed by atoms with Crippen LogP contribution in [0.2, 0.25) is 0 Å². The van der Waals surface area contributed by atoms with Crippen LogP contribution in [-0.4, -0.2) is 36.1 Å². The maximum absolute atomic E-state index is 13.3. The fraction of sp³-hybridized carbons (Fsp3) is 0.467. The van der Waals surface area contributed by atoms with Crippen molar-refractivity contribution in [1.29, 1.82) is 0 Å². The zero-order chi connectivity index (χ0) is 16.3. The van der Waals surface area contributed by atoms with Crippen molar-refractivity contribution >= 4 is 17.5 Å². The Hall–Kier alpha value is -2.02. The second-order valence-corrected chi connectivity index (χ2v) is 5.35. The lowest BCUT2D eigenvalue weighted by Crippen LogP contribution is -2.41. The first-order valence-electron chi connectivity index (χ1n) is 7.11. The van der Waals surface area contributed by atoms with Gasteiger partial charge in [0, 0.05) is 30.9 Å². The number of amides is 2. The number of halogens is 2. The van der Waals surface area contributed by atoms with Gasteiger partial charge in [0.15, 0.2) is 11.6 Å². The summed E-state index contributed by atoms with van der Waals surface area (Å²) in [4.78, 5) is 25.6. The van der Waals surface area contributed by atoms with Gasteiger partial charge in [0.05, 0.1) is 0 Å². The summed E-state index contributed by atoms with van der Waals surface area (Å²) in [7, 11) is 0. The average Bonchev–Trinajstić information content (AvgIpc) is 2.84. The van der Waals surface area contributed by atoms with E-state index in [0.29, 0.717) is 12.8 Å². The highest BCUT2D eigenvalue weighted by Crippen LogP contribution is 2.26. The second kappa shape index (κ2) is 6.83. The quantitative estimate of drug-likeness (QED) is 0.803. The van der Waals surface area contributed by atoms with E-state index in [2.05, 4.69) is 5.32 Å². The van der Waals surface area contributed by atoms with E-state index in [-0.39, 0.29) is 24.9 Å². The number of aliphatic hydroxyl groups excluding tert-OH is 1. The third kappa shape index (κ3) is 3.41. The van der Waals surface area contributed by atoms with Crippen LogP contribution in [0.1, 0.15) is 19.8 Å². The molecule has 2 atom stereocenters. The molecule has 2 N–H and O–H groups in total. The molecule has 1 aliphatic heterocycles. The predicted octanol–water partition coefficient (Wildman–Crippen LogP) is 1.20. The van der Waals surface area contributed by atoms with E-state index in [1.165, 1.54) is 11.0 Å². The number of rotatable bonds is 5. The standard InChI is InChI=1S/C15H18F2N2O3/c1-9(5-7-20)18-14(21)11-4-6-19(15(11)22)10-2-3-12(16)13(17)8-10/h2-3,8-9,11,20H,4-7H2,1H3,(H,18,21). The van der Waals surface area contributed by atoms with Crippen molar-refractivity contribution in [2.45, 2.75) is 25.8 Å². The highest BCUT2D eigenvalue weighted by molar-refractivity contribution is 6.09. The molecular weight excluding hydrogens is 294 g/mol. The Morgan fingerprint density at radius 2 is 2.18 bits per heavy atom. The van der Waals surface area contributed by atoms with Crippen molar-refractivity contribution in [3.63, 3.8) is 0 Å². The minimum Gasteiger partial charge on any atom is -0.396 e. The largest absolute Gasteiger partial charge is 0.396 e. The van der Waals surface area contributed by atoms with E-state index in [4.69, 9.17) is 5.11 Å². The van der Waals surface area contributed by atoms with Crippen LogP contribution in [0.25, 0.3) is 0 Å². The Morgan fingerprint density at radius 1 is 1.45 bits per heavy atom. The van der Waals surface area contributed by atoms with Gasteiger partial charge < -0.3 is 15.3 Å². The number of hydrogen-bond acceptors (Lipinski definition) is 3. The maximum atomic E-state index is 13.3. The van der Waals surface area contributed by atoms with Crippen molar-refractivity contribution in [2.75, 3.05) is 18.1 Å². The minimum absolute atomic E-state index is 0.0545. The normalized spacial score (nSPS) is 19.4. The highest BCUT2D eigenvalue weighted by Gasteiger charge is 2.38. The van der Waals surface area contributed by atoms with Crippen molar-refractivity contribution in [3.05, 3.63) is 29.8 Å². The lowest BCUT2D eigenvalue weighted by molar-refractivity contribution is -0.132. The molecule has 1 aromatic carbocycles. The van der Waals surface area contributed by atoms with Gasteiger partial charge in [0.2, 0.25) is 11.8 Å². The lowest BCUT2D eigenvalue weighted by Gasteiger charge is -2.18. The van der Waals surface area contributed by atoms with Crippen LogP contribution in [0.3, 0.4) is 0 Å². The monoisotopic (exact) mass is 312 g/mol. The molecule has 2 rings (SSSR count). The number of carbonyl (C=O) groups is 2. The van der Waals surface area contributed by atoms with Crippen LogP contribution in [0.15, 0.2) is 18.2 Å². The Morgan fingerprint density at radius 3 is 2.82 bits per heavy atom. The zero-order valence-electron chi connectivity index (χ0n) is 12.2. The molecule has 22 heavy (non-hydrogen) atoms. The van der Waals surface area contributed by atoms with Gasteiger partial charge in [0.25, 0.3) is 0 Å². The summed E-state index contributed by atoms with van der Waals surface area (Å²) in [6.07, 6.45) is 0.717. The molecule has 1 fully saturated rings. The molecule has 1 aromatic rings. The first-order chi connectivity index (χ1) is 10.4. The molecule has 2 amide bonds. The van der Waals surface area contributed by atoms with Gasteiger partial charge in [-0.2, -0.15) is 0 Å². The molecule has 0 aliphatic carbocycles. The van der Waals surface area contributed by atoms with Crippen LogP contribution in [0, 0.1) is 17.6 Å². The number of carbonyl (C=O) groups excluding carboxylic acids is 2. The highest BCUT2D eigenvalue weighted by atomic mass is 19.2. The fourth-order valence-electron chi connectivity index (χ4n) is 2.44. The summed E-state index contributed by atoms with van der Waals surface area (Å²) >= 11 is 0. The summed E-state index contributed by atoms with van der Waals surface area (Å²) in [5.74, 6) is -3.69. The van der Waals surface area contributed by atoms with E-state index >= 15 is 0 Å². The smallest absolute Gasteiger partial charge is 0.239 e. The Labute approximate surface area is 126 Å². The predicted molar refractivity (Wildman–Crippen MR) is 76.1 cm³/mol. The SMILES string of the molecule is CC(CCO)NC(=O)C1CCN(c2ccc(F)c(F)c2)C1=O. The first-order valence-corrected chi connectivity index (χ1v) is 7.11. The molecule has 1 saturated heterocycles. The van der Waals surface area contributed by atoms with Gasteiger partial charge in [-0.05, 0) is 31.9 Å². The number of nitrogens with zero attached hydrogens (tertiary/aromatic N) is 1. The Bertz CT molecular complexity index is 580. The van der Waals surface area contributed by atoms with Crippen molar-refractivity contribution in [2.24, 2.45) is 5.92 Å². The Balaban J connectivity index is 2.06. The third-order valence-electron chi connectivity index (χ3n) is 3.69. The van der Waals surface area contributed by atoms with Crippen molar-refractivity contribution in [3.8, 4) is 0 Å². The molecule has 1 aliphatic rings. The third-order valence-corrected chi connectivity index (χ3v) is 3.69. The van der Waals surface area contributed by atoms with Crippen molar-refractivity contribution in [1.82, 2.24) is 5.32 Å². The molecule has 0 bridgehead atoms. The maximum Gasteiger partial charge on any atom is 0.239 e. The summed E-state index contributed by atoms with van der Waals surface area (Å²) < 4.78 is 26.2. The Kier molecular flexibility index (Phi) is 5.07. The lowest BCUT2D eigenvalue weighted by atomic mass is 10.1. The number of nitrogens with one attached hydrogen (secondary N) is 1. The number of aliphatic hydroxyl groups is 1. The molecule has 120 valence electrons. The topological polar surface area (TPSA) is 69.6 Å². The molecule has 0 saturated carbocycles. The summed E-state index contributed by atoms with van der Waals surface area (Å²) in [6, 6.07) is 2.98.